The topological polar surface area (TPSA) is 90.2 Å². The highest BCUT2D eigenvalue weighted by Crippen LogP contribution is 2.21. The smallest absolute Gasteiger partial charge is 0.115 e. The summed E-state index contributed by atoms with van der Waals surface area (Å²) in [4.78, 5) is 0. The Morgan fingerprint density at radius 2 is 1.91 bits per heavy atom. The predicted octanol–water partition coefficient (Wildman–Crippen LogP) is -2.00. The molecule has 1 saturated heterocycles. The lowest BCUT2D eigenvalue weighted by molar-refractivity contribution is -0.0234. The van der Waals surface area contributed by atoms with E-state index < -0.39 is 24.4 Å². The van der Waals surface area contributed by atoms with Crippen LogP contribution in [-0.4, -0.2) is 51.4 Å². The number of hydrogen-bond donors (Lipinski definition) is 4. The summed E-state index contributed by atoms with van der Waals surface area (Å²) in [6.45, 7) is 0.284. The molecule has 1 aliphatic rings. The van der Waals surface area contributed by atoms with Gasteiger partial charge < -0.3 is 25.2 Å². The minimum Gasteiger partial charge on any atom is -0.394 e. The van der Waals surface area contributed by atoms with Crippen LogP contribution in [0.25, 0.3) is 0 Å². The van der Waals surface area contributed by atoms with Gasteiger partial charge in [-0.1, -0.05) is 0 Å². The third-order valence-electron chi connectivity index (χ3n) is 1.73. The van der Waals surface area contributed by atoms with E-state index in [0.717, 1.165) is 0 Å². The van der Waals surface area contributed by atoms with Gasteiger partial charge in [0.15, 0.2) is 0 Å². The number of aliphatic hydroxyl groups excluding tert-OH is 4. The zero-order valence-corrected chi connectivity index (χ0v) is 5.79. The van der Waals surface area contributed by atoms with Crippen molar-refractivity contribution in [3.63, 3.8) is 0 Å². The van der Waals surface area contributed by atoms with Crippen LogP contribution in [0.3, 0.4) is 0 Å². The SMILES string of the molecule is O[CH][C@H]1O[C@@H](CO)[C@@H](O)[C@@H]1O. The molecule has 0 aromatic rings. The Labute approximate surface area is 63.8 Å². The molecule has 0 saturated carbocycles. The molecule has 4 N–H and O–H groups in total. The number of hydrogen-bond acceptors (Lipinski definition) is 5. The summed E-state index contributed by atoms with van der Waals surface area (Å²) < 4.78 is 4.83. The molecule has 0 aromatic heterocycles. The highest BCUT2D eigenvalue weighted by Gasteiger charge is 2.41. The summed E-state index contributed by atoms with van der Waals surface area (Å²) in [5.74, 6) is 0. The maximum Gasteiger partial charge on any atom is 0.115 e. The van der Waals surface area contributed by atoms with Crippen LogP contribution >= 0.6 is 0 Å². The summed E-state index contributed by atoms with van der Waals surface area (Å²) in [7, 11) is 0. The van der Waals surface area contributed by atoms with Crippen molar-refractivity contribution in [2.24, 2.45) is 0 Å². The van der Waals surface area contributed by atoms with Crippen molar-refractivity contribution in [2.75, 3.05) is 6.61 Å². The molecular formula is C6H11O5. The van der Waals surface area contributed by atoms with E-state index in [1.165, 1.54) is 0 Å². The first-order valence-electron chi connectivity index (χ1n) is 3.30. The van der Waals surface area contributed by atoms with Crippen LogP contribution in [0.1, 0.15) is 0 Å². The maximum absolute atomic E-state index is 9.09. The summed E-state index contributed by atoms with van der Waals surface area (Å²) in [6, 6.07) is 0. The Morgan fingerprint density at radius 1 is 1.27 bits per heavy atom. The Balaban J connectivity index is 2.53. The second kappa shape index (κ2) is 3.46. The number of rotatable bonds is 2. The molecule has 1 fully saturated rings. The first-order chi connectivity index (χ1) is 5.20. The van der Waals surface area contributed by atoms with Crippen LogP contribution < -0.4 is 0 Å². The summed E-state index contributed by atoms with van der Waals surface area (Å²) >= 11 is 0. The van der Waals surface area contributed by atoms with E-state index in [-0.39, 0.29) is 6.61 Å². The van der Waals surface area contributed by atoms with Crippen molar-refractivity contribution >= 4 is 0 Å². The van der Waals surface area contributed by atoms with Gasteiger partial charge in [-0.3, -0.25) is 0 Å². The first kappa shape index (κ1) is 8.89. The minimum atomic E-state index is -1.16. The lowest BCUT2D eigenvalue weighted by Gasteiger charge is -2.10. The van der Waals surface area contributed by atoms with Crippen molar-refractivity contribution in [2.45, 2.75) is 24.4 Å². The Morgan fingerprint density at radius 3 is 2.18 bits per heavy atom. The fraction of sp³-hybridized carbons (Fsp3) is 0.833. The fourth-order valence-corrected chi connectivity index (χ4v) is 1.05. The number of aliphatic hydroxyl groups is 4. The van der Waals surface area contributed by atoms with Crippen LogP contribution in [0.4, 0.5) is 0 Å². The molecular weight excluding hydrogens is 152 g/mol. The molecule has 1 rings (SSSR count). The highest BCUT2D eigenvalue weighted by atomic mass is 16.6. The van der Waals surface area contributed by atoms with Crippen molar-refractivity contribution in [3.05, 3.63) is 6.61 Å². The van der Waals surface area contributed by atoms with Crippen molar-refractivity contribution in [1.82, 2.24) is 0 Å². The molecule has 1 aliphatic heterocycles. The minimum absolute atomic E-state index is 0.372. The van der Waals surface area contributed by atoms with Crippen molar-refractivity contribution < 1.29 is 25.2 Å². The van der Waals surface area contributed by atoms with Crippen molar-refractivity contribution in [1.29, 1.82) is 0 Å². The lowest BCUT2D eigenvalue weighted by Crippen LogP contribution is -2.33. The van der Waals surface area contributed by atoms with E-state index in [4.69, 9.17) is 25.2 Å². The maximum atomic E-state index is 9.09. The molecule has 0 bridgehead atoms. The van der Waals surface area contributed by atoms with Crippen LogP contribution in [0, 0.1) is 6.61 Å². The quantitative estimate of drug-likeness (QED) is 0.378. The third-order valence-corrected chi connectivity index (χ3v) is 1.73. The first-order valence-corrected chi connectivity index (χ1v) is 3.30. The molecule has 65 valence electrons. The number of ether oxygens (including phenoxy) is 1. The van der Waals surface area contributed by atoms with Gasteiger partial charge in [-0.25, -0.2) is 0 Å². The second-order valence-electron chi connectivity index (χ2n) is 2.45. The van der Waals surface area contributed by atoms with E-state index in [9.17, 15) is 0 Å². The normalized spacial score (nSPS) is 44.7. The Bertz CT molecular complexity index is 110. The van der Waals surface area contributed by atoms with E-state index in [0.29, 0.717) is 6.61 Å². The van der Waals surface area contributed by atoms with Gasteiger partial charge in [0, 0.05) is 0 Å². The second-order valence-corrected chi connectivity index (χ2v) is 2.45. The van der Waals surface area contributed by atoms with E-state index in [2.05, 4.69) is 0 Å². The molecule has 0 amide bonds. The molecule has 0 aromatic carbocycles. The zero-order chi connectivity index (χ0) is 8.43. The Hall–Kier alpha value is -0.200. The van der Waals surface area contributed by atoms with Crippen LogP contribution in [0.15, 0.2) is 0 Å². The molecule has 0 aliphatic carbocycles. The van der Waals surface area contributed by atoms with Crippen LogP contribution in [0.2, 0.25) is 0 Å². The molecule has 11 heavy (non-hydrogen) atoms. The zero-order valence-electron chi connectivity index (χ0n) is 5.79. The Kier molecular flexibility index (Phi) is 2.80. The monoisotopic (exact) mass is 163 g/mol. The summed E-state index contributed by atoms with van der Waals surface area (Å²) in [5.41, 5.74) is 0. The fourth-order valence-electron chi connectivity index (χ4n) is 1.05. The molecule has 0 unspecified atom stereocenters. The standard InChI is InChI=1S/C6H11O5/c7-1-3-5(9)6(10)4(2-8)11-3/h1,3-10H,2H2/t3-,4+,5-,6-/m1/s1. The predicted molar refractivity (Wildman–Crippen MR) is 34.0 cm³/mol. The van der Waals surface area contributed by atoms with Crippen molar-refractivity contribution in [3.8, 4) is 0 Å². The van der Waals surface area contributed by atoms with Gasteiger partial charge >= 0.3 is 0 Å². The molecule has 1 heterocycles. The molecule has 5 nitrogen and oxygen atoms in total. The van der Waals surface area contributed by atoms with Crippen LogP contribution in [0.5, 0.6) is 0 Å². The average Bonchev–Trinajstić information content (AvgIpc) is 2.30. The third kappa shape index (κ3) is 1.52. The lowest BCUT2D eigenvalue weighted by atomic mass is 10.1. The molecule has 0 spiro atoms. The molecule has 4 atom stereocenters. The molecule has 1 radical (unpaired) electrons. The summed E-state index contributed by atoms with van der Waals surface area (Å²) in [5, 5.41) is 35.2. The van der Waals surface area contributed by atoms with Crippen LogP contribution in [-0.2, 0) is 4.74 Å². The van der Waals surface area contributed by atoms with Gasteiger partial charge in [-0.05, 0) is 0 Å². The van der Waals surface area contributed by atoms with E-state index >= 15 is 0 Å². The highest BCUT2D eigenvalue weighted by molar-refractivity contribution is 4.93. The van der Waals surface area contributed by atoms with Gasteiger partial charge in [-0.2, -0.15) is 0 Å². The largest absolute Gasteiger partial charge is 0.394 e. The van der Waals surface area contributed by atoms with E-state index in [1.54, 1.807) is 0 Å². The van der Waals surface area contributed by atoms with Gasteiger partial charge in [-0.15, -0.1) is 0 Å². The van der Waals surface area contributed by atoms with Gasteiger partial charge in [0.25, 0.3) is 0 Å². The van der Waals surface area contributed by atoms with E-state index in [1.807, 2.05) is 0 Å². The van der Waals surface area contributed by atoms with Gasteiger partial charge in [0.05, 0.1) is 6.61 Å². The average molecular weight is 163 g/mol. The van der Waals surface area contributed by atoms with Gasteiger partial charge in [0.2, 0.25) is 0 Å². The summed E-state index contributed by atoms with van der Waals surface area (Å²) in [6.07, 6.45) is -3.99. The molecule has 5 heteroatoms. The van der Waals surface area contributed by atoms with Gasteiger partial charge in [0.1, 0.15) is 31.0 Å².